The summed E-state index contributed by atoms with van der Waals surface area (Å²) in [4.78, 5) is 19.2. The van der Waals surface area contributed by atoms with E-state index in [2.05, 4.69) is 43.5 Å². The Labute approximate surface area is 217 Å². The molecular formula is C26H37N7O4. The van der Waals surface area contributed by atoms with Crippen molar-refractivity contribution in [1.82, 2.24) is 24.4 Å². The maximum absolute atomic E-state index is 5.54. The summed E-state index contributed by atoms with van der Waals surface area (Å²) < 4.78 is 24.2. The van der Waals surface area contributed by atoms with Crippen LogP contribution in [-0.4, -0.2) is 91.2 Å². The van der Waals surface area contributed by atoms with E-state index < -0.39 is 0 Å². The molecule has 0 radical (unpaired) electrons. The molecule has 2 aromatic heterocycles. The van der Waals surface area contributed by atoms with Crippen LogP contribution in [0.4, 0.5) is 17.5 Å². The summed E-state index contributed by atoms with van der Waals surface area (Å²) in [6.07, 6.45) is 3.81. The molecule has 11 nitrogen and oxygen atoms in total. The first-order valence-electron chi connectivity index (χ1n) is 12.9. The van der Waals surface area contributed by atoms with Gasteiger partial charge in [0.1, 0.15) is 6.33 Å². The second-order valence-electron chi connectivity index (χ2n) is 9.68. The lowest BCUT2D eigenvalue weighted by atomic mass is 10.0. The lowest BCUT2D eigenvalue weighted by Crippen LogP contribution is -2.49. The molecule has 2 fully saturated rings. The monoisotopic (exact) mass is 511 g/mol. The molecule has 200 valence electrons. The van der Waals surface area contributed by atoms with E-state index in [1.807, 2.05) is 12.1 Å². The van der Waals surface area contributed by atoms with Crippen molar-refractivity contribution in [3.8, 4) is 17.2 Å². The van der Waals surface area contributed by atoms with Gasteiger partial charge >= 0.3 is 0 Å². The van der Waals surface area contributed by atoms with Gasteiger partial charge in [-0.25, -0.2) is 15.0 Å². The molecule has 1 N–H and O–H groups in total. The normalized spacial score (nSPS) is 17.4. The van der Waals surface area contributed by atoms with Crippen molar-refractivity contribution < 1.29 is 18.9 Å². The minimum absolute atomic E-state index is 0.195. The molecule has 0 unspecified atom stereocenters. The molecule has 3 aromatic rings. The second-order valence-corrected chi connectivity index (χ2v) is 9.68. The van der Waals surface area contributed by atoms with Crippen LogP contribution < -0.4 is 24.4 Å². The SMILES string of the molecule is COc1cc(Nc2ncnc3c2nc(N2CCC(N4CCOCC4)CC2)n3C(C)C)cc(OC)c1OC. The number of benzene rings is 1. The van der Waals surface area contributed by atoms with Crippen LogP contribution in [0.3, 0.4) is 0 Å². The Morgan fingerprint density at radius 3 is 2.22 bits per heavy atom. The molecule has 0 amide bonds. The Balaban J connectivity index is 1.44. The molecule has 0 spiro atoms. The molecule has 11 heteroatoms. The molecule has 2 saturated heterocycles. The first kappa shape index (κ1) is 25.3. The van der Waals surface area contributed by atoms with E-state index in [-0.39, 0.29) is 6.04 Å². The van der Waals surface area contributed by atoms with Crippen LogP contribution in [0.25, 0.3) is 11.2 Å². The van der Waals surface area contributed by atoms with Gasteiger partial charge in [-0.05, 0) is 26.7 Å². The zero-order chi connectivity index (χ0) is 25.9. The number of rotatable bonds is 8. The van der Waals surface area contributed by atoms with E-state index in [1.165, 1.54) is 0 Å². The van der Waals surface area contributed by atoms with Gasteiger partial charge in [0.15, 0.2) is 28.5 Å². The standard InChI is InChI=1S/C26H37N7O4/c1-17(2)33-25-22(30-26(33)32-8-6-19(7-9-32)31-10-12-37-13-11-31)24(27-16-28-25)29-18-14-20(34-3)23(36-5)21(15-18)35-4/h14-17,19H,6-13H2,1-5H3,(H,27,28,29). The molecule has 0 aliphatic carbocycles. The summed E-state index contributed by atoms with van der Waals surface area (Å²) in [7, 11) is 4.79. The number of fused-ring (bicyclic) bond motifs is 1. The zero-order valence-electron chi connectivity index (χ0n) is 22.4. The molecule has 2 aliphatic heterocycles. The number of nitrogens with zero attached hydrogens (tertiary/aromatic N) is 6. The Kier molecular flexibility index (Phi) is 7.52. The average Bonchev–Trinajstić information content (AvgIpc) is 3.34. The summed E-state index contributed by atoms with van der Waals surface area (Å²) in [6, 6.07) is 4.51. The molecular weight excluding hydrogens is 474 g/mol. The van der Waals surface area contributed by atoms with Gasteiger partial charge in [-0.15, -0.1) is 0 Å². The number of aromatic nitrogens is 4. The van der Waals surface area contributed by atoms with Gasteiger partial charge in [-0.2, -0.15) is 0 Å². The highest BCUT2D eigenvalue weighted by Gasteiger charge is 2.29. The smallest absolute Gasteiger partial charge is 0.208 e. The van der Waals surface area contributed by atoms with E-state index in [1.54, 1.807) is 27.7 Å². The number of morpholine rings is 1. The van der Waals surface area contributed by atoms with Gasteiger partial charge in [-0.1, -0.05) is 0 Å². The van der Waals surface area contributed by atoms with Crippen molar-refractivity contribution in [2.75, 3.05) is 70.9 Å². The van der Waals surface area contributed by atoms with Crippen molar-refractivity contribution >= 4 is 28.6 Å². The lowest BCUT2D eigenvalue weighted by molar-refractivity contribution is 0.0114. The number of methoxy groups -OCH3 is 3. The lowest BCUT2D eigenvalue weighted by Gasteiger charge is -2.40. The number of ether oxygens (including phenoxy) is 4. The summed E-state index contributed by atoms with van der Waals surface area (Å²) in [5, 5.41) is 3.40. The Morgan fingerprint density at radius 2 is 1.62 bits per heavy atom. The van der Waals surface area contributed by atoms with Gasteiger partial charge < -0.3 is 29.2 Å². The number of imidazole rings is 1. The average molecular weight is 512 g/mol. The molecule has 0 saturated carbocycles. The maximum atomic E-state index is 5.54. The maximum Gasteiger partial charge on any atom is 0.208 e. The van der Waals surface area contributed by atoms with E-state index in [9.17, 15) is 0 Å². The van der Waals surface area contributed by atoms with Gasteiger partial charge in [0.25, 0.3) is 0 Å². The zero-order valence-corrected chi connectivity index (χ0v) is 22.4. The number of hydrogen-bond acceptors (Lipinski definition) is 10. The van der Waals surface area contributed by atoms with Crippen molar-refractivity contribution in [2.45, 2.75) is 38.8 Å². The molecule has 5 rings (SSSR count). The summed E-state index contributed by atoms with van der Waals surface area (Å²) in [5.74, 6) is 3.23. The van der Waals surface area contributed by atoms with Crippen LogP contribution in [0.1, 0.15) is 32.7 Å². The first-order valence-corrected chi connectivity index (χ1v) is 12.9. The molecule has 2 aliphatic rings. The van der Waals surface area contributed by atoms with Gasteiger partial charge in [-0.3, -0.25) is 9.47 Å². The Morgan fingerprint density at radius 1 is 0.946 bits per heavy atom. The van der Waals surface area contributed by atoms with Crippen molar-refractivity contribution in [3.05, 3.63) is 18.5 Å². The minimum atomic E-state index is 0.195. The van der Waals surface area contributed by atoms with Crippen LogP contribution >= 0.6 is 0 Å². The van der Waals surface area contributed by atoms with Crippen molar-refractivity contribution in [3.63, 3.8) is 0 Å². The van der Waals surface area contributed by atoms with Crippen molar-refractivity contribution in [1.29, 1.82) is 0 Å². The van der Waals surface area contributed by atoms with Gasteiger partial charge in [0.2, 0.25) is 11.7 Å². The van der Waals surface area contributed by atoms with E-state index in [0.29, 0.717) is 29.1 Å². The topological polar surface area (TPSA) is 99.0 Å². The quantitative estimate of drug-likeness (QED) is 0.484. The number of nitrogens with one attached hydrogen (secondary N) is 1. The van der Waals surface area contributed by atoms with Crippen molar-refractivity contribution in [2.24, 2.45) is 0 Å². The third-order valence-electron chi connectivity index (χ3n) is 7.21. The van der Waals surface area contributed by atoms with E-state index in [0.717, 1.165) is 75.0 Å². The largest absolute Gasteiger partial charge is 0.493 e. The van der Waals surface area contributed by atoms with E-state index >= 15 is 0 Å². The summed E-state index contributed by atoms with van der Waals surface area (Å²) in [5.41, 5.74) is 2.29. The first-order chi connectivity index (χ1) is 18.0. The predicted octanol–water partition coefficient (Wildman–Crippen LogP) is 3.48. The number of anilines is 3. The second kappa shape index (κ2) is 11.0. The third-order valence-corrected chi connectivity index (χ3v) is 7.21. The highest BCUT2D eigenvalue weighted by atomic mass is 16.5. The van der Waals surface area contributed by atoms with E-state index in [4.69, 9.17) is 23.9 Å². The summed E-state index contributed by atoms with van der Waals surface area (Å²) >= 11 is 0. The fourth-order valence-corrected chi connectivity index (χ4v) is 5.35. The molecule has 1 aromatic carbocycles. The highest BCUT2D eigenvalue weighted by molar-refractivity contribution is 5.88. The van der Waals surface area contributed by atoms with Crippen LogP contribution in [0, 0.1) is 0 Å². The van der Waals surface area contributed by atoms with Crippen LogP contribution in [0.15, 0.2) is 18.5 Å². The van der Waals surface area contributed by atoms with Crippen LogP contribution in [0.2, 0.25) is 0 Å². The molecule has 0 bridgehead atoms. The van der Waals surface area contributed by atoms with Crippen LogP contribution in [0.5, 0.6) is 17.2 Å². The van der Waals surface area contributed by atoms with Gasteiger partial charge in [0, 0.05) is 56.1 Å². The predicted molar refractivity (Wildman–Crippen MR) is 143 cm³/mol. The summed E-state index contributed by atoms with van der Waals surface area (Å²) in [6.45, 7) is 9.98. The molecule has 4 heterocycles. The van der Waals surface area contributed by atoms with Gasteiger partial charge in [0.05, 0.1) is 34.5 Å². The molecule has 0 atom stereocenters. The number of hydrogen-bond donors (Lipinski definition) is 1. The molecule has 37 heavy (non-hydrogen) atoms. The fourth-order valence-electron chi connectivity index (χ4n) is 5.35. The minimum Gasteiger partial charge on any atom is -0.493 e. The fraction of sp³-hybridized carbons (Fsp3) is 0.577. The third kappa shape index (κ3) is 4.97. The Hall–Kier alpha value is -3.31. The number of piperidine rings is 1. The Bertz CT molecular complexity index is 1190. The highest BCUT2D eigenvalue weighted by Crippen LogP contribution is 2.41. The van der Waals surface area contributed by atoms with Crippen LogP contribution in [-0.2, 0) is 4.74 Å².